The van der Waals surface area contributed by atoms with Gasteiger partial charge in [0, 0.05) is 63.4 Å². The zero-order valence-corrected chi connectivity index (χ0v) is 22.7. The molecule has 0 radical (unpaired) electrons. The number of nitrogens with one attached hydrogen (secondary N) is 2. The van der Waals surface area contributed by atoms with Crippen molar-refractivity contribution in [1.82, 2.24) is 15.3 Å². The molecule has 1 aliphatic heterocycles. The van der Waals surface area contributed by atoms with Gasteiger partial charge in [0.05, 0.1) is 27.2 Å². The summed E-state index contributed by atoms with van der Waals surface area (Å²) in [6.07, 6.45) is 3.47. The summed E-state index contributed by atoms with van der Waals surface area (Å²) in [5.41, 5.74) is 2.91. The second kappa shape index (κ2) is 12.4. The average Bonchev–Trinajstić information content (AvgIpc) is 2.95. The predicted octanol–water partition coefficient (Wildman–Crippen LogP) is 3.84. The van der Waals surface area contributed by atoms with Gasteiger partial charge < -0.3 is 34.6 Å². The van der Waals surface area contributed by atoms with Crippen LogP contribution in [0.4, 0.5) is 23.1 Å². The Morgan fingerprint density at radius 3 is 2.39 bits per heavy atom. The lowest BCUT2D eigenvalue weighted by atomic mass is 9.97. The van der Waals surface area contributed by atoms with E-state index in [2.05, 4.69) is 37.6 Å². The van der Waals surface area contributed by atoms with Gasteiger partial charge in [-0.05, 0) is 36.6 Å². The molecule has 2 N–H and O–H groups in total. The number of benzene rings is 2. The van der Waals surface area contributed by atoms with Crippen LogP contribution in [0.3, 0.4) is 0 Å². The van der Waals surface area contributed by atoms with Gasteiger partial charge in [-0.3, -0.25) is 4.79 Å². The average molecular weight is 521 g/mol. The molecule has 1 aliphatic rings. The highest BCUT2D eigenvalue weighted by molar-refractivity contribution is 5.79. The maximum absolute atomic E-state index is 13.0. The first kappa shape index (κ1) is 26.8. The fraction of sp³-hybridized carbons (Fsp3) is 0.393. The van der Waals surface area contributed by atoms with Crippen molar-refractivity contribution in [2.75, 3.05) is 63.6 Å². The first-order valence-electron chi connectivity index (χ1n) is 12.6. The van der Waals surface area contributed by atoms with Crippen molar-refractivity contribution < 1.29 is 19.0 Å². The lowest BCUT2D eigenvalue weighted by molar-refractivity contribution is -0.125. The van der Waals surface area contributed by atoms with Crippen LogP contribution in [0.15, 0.2) is 48.7 Å². The van der Waals surface area contributed by atoms with Crippen molar-refractivity contribution in [3.8, 4) is 17.2 Å². The number of nitrogens with zero attached hydrogens (tertiary/aromatic N) is 4. The highest BCUT2D eigenvalue weighted by Gasteiger charge is 2.26. The summed E-state index contributed by atoms with van der Waals surface area (Å²) >= 11 is 0. The summed E-state index contributed by atoms with van der Waals surface area (Å²) in [6, 6.07) is 13.7. The van der Waals surface area contributed by atoms with Crippen LogP contribution in [0.2, 0.25) is 0 Å². The fourth-order valence-corrected chi connectivity index (χ4v) is 4.51. The van der Waals surface area contributed by atoms with Crippen LogP contribution in [0.1, 0.15) is 18.4 Å². The third-order valence-corrected chi connectivity index (χ3v) is 6.60. The van der Waals surface area contributed by atoms with E-state index in [1.807, 2.05) is 32.3 Å². The molecule has 0 bridgehead atoms. The number of methoxy groups -OCH3 is 3. The molecular formula is C28H36N6O4. The number of hydrogen-bond donors (Lipinski definition) is 2. The van der Waals surface area contributed by atoms with E-state index >= 15 is 0 Å². The molecule has 0 saturated carbocycles. The van der Waals surface area contributed by atoms with E-state index in [1.165, 1.54) is 0 Å². The molecule has 1 aromatic heterocycles. The highest BCUT2D eigenvalue weighted by atomic mass is 16.5. The van der Waals surface area contributed by atoms with Crippen molar-refractivity contribution >= 4 is 29.0 Å². The minimum absolute atomic E-state index is 0.0659. The molecule has 10 heteroatoms. The smallest absolute Gasteiger partial charge is 0.229 e. The maximum Gasteiger partial charge on any atom is 0.229 e. The number of ether oxygens (including phenoxy) is 3. The van der Waals surface area contributed by atoms with Gasteiger partial charge in [-0.1, -0.05) is 12.1 Å². The van der Waals surface area contributed by atoms with E-state index in [-0.39, 0.29) is 11.8 Å². The standard InChI is InChI=1S/C28H36N6O4/c1-33(2)22-10-8-19(9-11-22)17-30-27(35)20-7-6-14-34(18-20)25-12-13-29-28(32-25)31-21-15-23(36-3)26(38-5)24(16-21)37-4/h8-13,15-16,20H,6-7,14,17-18H2,1-5H3,(H,30,35)(H,29,31,32)/t20-/m0/s1. The number of piperidine rings is 1. The summed E-state index contributed by atoms with van der Waals surface area (Å²) in [5.74, 6) is 2.74. The van der Waals surface area contributed by atoms with Crippen LogP contribution in [-0.4, -0.2) is 64.4 Å². The van der Waals surface area contributed by atoms with Gasteiger partial charge in [0.15, 0.2) is 11.5 Å². The van der Waals surface area contributed by atoms with Crippen molar-refractivity contribution in [1.29, 1.82) is 0 Å². The Morgan fingerprint density at radius 2 is 1.76 bits per heavy atom. The van der Waals surface area contributed by atoms with E-state index in [9.17, 15) is 4.79 Å². The number of carbonyl (C=O) groups is 1. The number of amides is 1. The molecule has 2 heterocycles. The third kappa shape index (κ3) is 6.37. The molecule has 0 spiro atoms. The van der Waals surface area contributed by atoms with E-state index in [0.29, 0.717) is 42.0 Å². The molecule has 10 nitrogen and oxygen atoms in total. The number of carbonyl (C=O) groups excluding carboxylic acids is 1. The number of aromatic nitrogens is 2. The molecule has 4 rings (SSSR count). The Labute approximate surface area is 223 Å². The van der Waals surface area contributed by atoms with E-state index in [1.54, 1.807) is 39.7 Å². The Kier molecular flexibility index (Phi) is 8.73. The zero-order chi connectivity index (χ0) is 27.1. The van der Waals surface area contributed by atoms with Gasteiger partial charge in [0.1, 0.15) is 5.82 Å². The number of rotatable bonds is 10. The Hall–Kier alpha value is -4.21. The van der Waals surface area contributed by atoms with E-state index in [4.69, 9.17) is 19.2 Å². The van der Waals surface area contributed by atoms with Crippen molar-refractivity contribution in [2.45, 2.75) is 19.4 Å². The molecule has 1 saturated heterocycles. The lowest BCUT2D eigenvalue weighted by Gasteiger charge is -2.33. The summed E-state index contributed by atoms with van der Waals surface area (Å²) in [4.78, 5) is 26.3. The molecule has 1 fully saturated rings. The van der Waals surface area contributed by atoms with Crippen LogP contribution in [0, 0.1) is 5.92 Å². The van der Waals surface area contributed by atoms with Crippen LogP contribution >= 0.6 is 0 Å². The molecule has 1 atom stereocenters. The summed E-state index contributed by atoms with van der Waals surface area (Å²) in [6.45, 7) is 1.95. The van der Waals surface area contributed by atoms with E-state index < -0.39 is 0 Å². The SMILES string of the molecule is COc1cc(Nc2nccc(N3CCC[C@H](C(=O)NCc4ccc(N(C)C)cc4)C3)n2)cc(OC)c1OC. The molecule has 3 aromatic rings. The van der Waals surface area contributed by atoms with Crippen LogP contribution in [0.5, 0.6) is 17.2 Å². The van der Waals surface area contributed by atoms with Gasteiger partial charge in [-0.15, -0.1) is 0 Å². The monoisotopic (exact) mass is 520 g/mol. The Balaban J connectivity index is 1.40. The van der Waals surface area contributed by atoms with Gasteiger partial charge >= 0.3 is 0 Å². The van der Waals surface area contributed by atoms with Crippen LogP contribution in [-0.2, 0) is 11.3 Å². The Bertz CT molecular complexity index is 1210. The lowest BCUT2D eigenvalue weighted by Crippen LogP contribution is -2.43. The molecule has 0 unspecified atom stereocenters. The van der Waals surface area contributed by atoms with E-state index in [0.717, 1.165) is 36.5 Å². The van der Waals surface area contributed by atoms with Crippen LogP contribution in [0.25, 0.3) is 0 Å². The predicted molar refractivity (Wildman–Crippen MR) is 149 cm³/mol. The van der Waals surface area contributed by atoms with Gasteiger partial charge in [0.2, 0.25) is 17.6 Å². The number of anilines is 4. The van der Waals surface area contributed by atoms with Crippen LogP contribution < -0.4 is 34.6 Å². The second-order valence-corrected chi connectivity index (χ2v) is 9.34. The molecule has 202 valence electrons. The topological polar surface area (TPSA) is 101 Å². The quantitative estimate of drug-likeness (QED) is 0.413. The largest absolute Gasteiger partial charge is 0.493 e. The molecule has 1 amide bonds. The first-order valence-corrected chi connectivity index (χ1v) is 12.6. The minimum Gasteiger partial charge on any atom is -0.493 e. The van der Waals surface area contributed by atoms with Gasteiger partial charge in [0.25, 0.3) is 0 Å². The fourth-order valence-electron chi connectivity index (χ4n) is 4.51. The van der Waals surface area contributed by atoms with Gasteiger partial charge in [-0.25, -0.2) is 4.98 Å². The molecule has 0 aliphatic carbocycles. The summed E-state index contributed by atoms with van der Waals surface area (Å²) in [5, 5.41) is 6.33. The summed E-state index contributed by atoms with van der Waals surface area (Å²) in [7, 11) is 8.73. The van der Waals surface area contributed by atoms with Crippen molar-refractivity contribution in [3.63, 3.8) is 0 Å². The van der Waals surface area contributed by atoms with Gasteiger partial charge in [-0.2, -0.15) is 4.98 Å². The Morgan fingerprint density at radius 1 is 1.05 bits per heavy atom. The molecule has 2 aromatic carbocycles. The molecule has 38 heavy (non-hydrogen) atoms. The zero-order valence-electron chi connectivity index (χ0n) is 22.7. The second-order valence-electron chi connectivity index (χ2n) is 9.34. The number of hydrogen-bond acceptors (Lipinski definition) is 9. The van der Waals surface area contributed by atoms with Crippen molar-refractivity contribution in [3.05, 3.63) is 54.2 Å². The van der Waals surface area contributed by atoms with Crippen molar-refractivity contribution in [2.24, 2.45) is 5.92 Å². The highest BCUT2D eigenvalue weighted by Crippen LogP contribution is 2.40. The summed E-state index contributed by atoms with van der Waals surface area (Å²) < 4.78 is 16.3. The normalized spacial score (nSPS) is 15.0. The third-order valence-electron chi connectivity index (χ3n) is 6.60. The first-order chi connectivity index (χ1) is 18.4. The molecular weight excluding hydrogens is 484 g/mol. The maximum atomic E-state index is 13.0. The minimum atomic E-state index is -0.105.